The van der Waals surface area contributed by atoms with E-state index in [2.05, 4.69) is 5.32 Å². The molecule has 1 atom stereocenters. The molecule has 0 aliphatic rings. The number of amides is 1. The van der Waals surface area contributed by atoms with Crippen LogP contribution in [-0.2, 0) is 4.79 Å². The molecule has 6 nitrogen and oxygen atoms in total. The number of aliphatic hydroxyl groups is 1. The third-order valence-corrected chi connectivity index (χ3v) is 2.65. The topological polar surface area (TPSA) is 89.9 Å². The molecule has 6 heteroatoms. The van der Waals surface area contributed by atoms with Gasteiger partial charge in [0.05, 0.1) is 0 Å². The van der Waals surface area contributed by atoms with Gasteiger partial charge < -0.3 is 20.4 Å². The van der Waals surface area contributed by atoms with Gasteiger partial charge in [-0.15, -0.1) is 0 Å². The summed E-state index contributed by atoms with van der Waals surface area (Å²) in [7, 11) is 3.70. The van der Waals surface area contributed by atoms with Crippen LogP contribution in [0, 0.1) is 0 Å². The molecule has 0 saturated carbocycles. The minimum Gasteiger partial charge on any atom is -0.480 e. The molecule has 1 aromatic rings. The Hall–Kier alpha value is -2.08. The van der Waals surface area contributed by atoms with Crippen molar-refractivity contribution in [1.82, 2.24) is 5.32 Å². The van der Waals surface area contributed by atoms with E-state index in [0.717, 1.165) is 5.69 Å². The Morgan fingerprint density at radius 3 is 2.58 bits per heavy atom. The smallest absolute Gasteiger partial charge is 0.326 e. The average Bonchev–Trinajstić information content (AvgIpc) is 2.38. The first-order valence-corrected chi connectivity index (χ1v) is 5.87. The monoisotopic (exact) mass is 266 g/mol. The maximum absolute atomic E-state index is 11.9. The van der Waals surface area contributed by atoms with Crippen molar-refractivity contribution in [1.29, 1.82) is 0 Å². The first-order chi connectivity index (χ1) is 8.95. The van der Waals surface area contributed by atoms with Crippen LogP contribution in [0.5, 0.6) is 0 Å². The van der Waals surface area contributed by atoms with Crippen LogP contribution in [0.2, 0.25) is 0 Å². The molecule has 0 heterocycles. The number of rotatable bonds is 6. The van der Waals surface area contributed by atoms with E-state index < -0.39 is 17.9 Å². The number of benzene rings is 1. The third-order valence-electron chi connectivity index (χ3n) is 2.65. The number of carbonyl (C=O) groups excluding carboxylic acids is 1. The first kappa shape index (κ1) is 15.0. The molecule has 3 N–H and O–H groups in total. The van der Waals surface area contributed by atoms with E-state index in [-0.39, 0.29) is 13.0 Å². The number of nitrogens with one attached hydrogen (secondary N) is 1. The summed E-state index contributed by atoms with van der Waals surface area (Å²) in [6.45, 7) is -0.297. The molecule has 0 bridgehead atoms. The summed E-state index contributed by atoms with van der Waals surface area (Å²) in [5, 5.41) is 20.1. The third kappa shape index (κ3) is 4.26. The quantitative estimate of drug-likeness (QED) is 0.690. The predicted octanol–water partition coefficient (Wildman–Crippen LogP) is 0.318. The summed E-state index contributed by atoms with van der Waals surface area (Å²) in [6.07, 6.45) is -0.0194. The van der Waals surface area contributed by atoms with Crippen LogP contribution >= 0.6 is 0 Å². The number of aliphatic carboxylic acids is 1. The highest BCUT2D eigenvalue weighted by Gasteiger charge is 2.20. The lowest BCUT2D eigenvalue weighted by molar-refractivity contribution is -0.139. The van der Waals surface area contributed by atoms with Crippen molar-refractivity contribution in [2.45, 2.75) is 12.5 Å². The van der Waals surface area contributed by atoms with Crippen molar-refractivity contribution in [2.75, 3.05) is 25.6 Å². The molecule has 0 spiro atoms. The Bertz CT molecular complexity index is 460. The lowest BCUT2D eigenvalue weighted by atomic mass is 10.1. The molecule has 0 fully saturated rings. The largest absolute Gasteiger partial charge is 0.480 e. The molecule has 0 aliphatic heterocycles. The summed E-state index contributed by atoms with van der Waals surface area (Å²) >= 11 is 0. The van der Waals surface area contributed by atoms with Gasteiger partial charge in [0, 0.05) is 38.4 Å². The van der Waals surface area contributed by atoms with Crippen LogP contribution in [-0.4, -0.2) is 48.8 Å². The number of anilines is 1. The number of hydrogen-bond acceptors (Lipinski definition) is 4. The lowest BCUT2D eigenvalue weighted by Crippen LogP contribution is -2.41. The van der Waals surface area contributed by atoms with Crippen LogP contribution in [0.1, 0.15) is 16.8 Å². The first-order valence-electron chi connectivity index (χ1n) is 5.87. The highest BCUT2D eigenvalue weighted by atomic mass is 16.4. The van der Waals surface area contributed by atoms with E-state index in [9.17, 15) is 9.59 Å². The zero-order chi connectivity index (χ0) is 14.4. The predicted molar refractivity (Wildman–Crippen MR) is 71.4 cm³/mol. The van der Waals surface area contributed by atoms with E-state index in [1.54, 1.807) is 18.2 Å². The normalized spacial score (nSPS) is 11.7. The Balaban J connectivity index is 2.82. The van der Waals surface area contributed by atoms with Crippen LogP contribution in [0.3, 0.4) is 0 Å². The molecule has 0 radical (unpaired) electrons. The second kappa shape index (κ2) is 6.75. The Labute approximate surface area is 111 Å². The maximum Gasteiger partial charge on any atom is 0.326 e. The molecule has 104 valence electrons. The Morgan fingerprint density at radius 1 is 1.37 bits per heavy atom. The fraction of sp³-hybridized carbons (Fsp3) is 0.385. The lowest BCUT2D eigenvalue weighted by Gasteiger charge is -2.15. The van der Waals surface area contributed by atoms with Crippen LogP contribution in [0.25, 0.3) is 0 Å². The van der Waals surface area contributed by atoms with E-state index in [4.69, 9.17) is 10.2 Å². The van der Waals surface area contributed by atoms with Crippen molar-refractivity contribution in [3.05, 3.63) is 29.8 Å². The Kier molecular flexibility index (Phi) is 5.32. The van der Waals surface area contributed by atoms with Crippen molar-refractivity contribution in [3.63, 3.8) is 0 Å². The number of carboxylic acid groups (broad SMARTS) is 1. The molecule has 19 heavy (non-hydrogen) atoms. The molecule has 0 aliphatic carbocycles. The van der Waals surface area contributed by atoms with Crippen molar-refractivity contribution >= 4 is 17.6 Å². The molecular formula is C13H18N2O4. The van der Waals surface area contributed by atoms with Gasteiger partial charge in [-0.05, 0) is 18.2 Å². The van der Waals surface area contributed by atoms with E-state index in [1.165, 1.54) is 0 Å². The number of hydrogen-bond donors (Lipinski definition) is 3. The van der Waals surface area contributed by atoms with Crippen molar-refractivity contribution < 1.29 is 19.8 Å². The van der Waals surface area contributed by atoms with Crippen LogP contribution < -0.4 is 10.2 Å². The van der Waals surface area contributed by atoms with Gasteiger partial charge in [0.2, 0.25) is 0 Å². The summed E-state index contributed by atoms with van der Waals surface area (Å²) in [6, 6.07) is 5.78. The number of nitrogens with zero attached hydrogens (tertiary/aromatic N) is 1. The number of carbonyl (C=O) groups is 2. The molecular weight excluding hydrogens is 248 g/mol. The SMILES string of the molecule is CN(C)c1cccc(C(=O)NC(CCO)C(=O)O)c1. The fourth-order valence-corrected chi connectivity index (χ4v) is 1.55. The minimum absolute atomic E-state index is 0.0194. The number of aliphatic hydroxyl groups excluding tert-OH is 1. The summed E-state index contributed by atoms with van der Waals surface area (Å²) in [4.78, 5) is 24.7. The van der Waals surface area contributed by atoms with Gasteiger partial charge in [-0.2, -0.15) is 0 Å². The minimum atomic E-state index is -1.16. The van der Waals surface area contributed by atoms with Crippen LogP contribution in [0.15, 0.2) is 24.3 Å². The van der Waals surface area contributed by atoms with Gasteiger partial charge in [0.1, 0.15) is 6.04 Å². The fourth-order valence-electron chi connectivity index (χ4n) is 1.55. The average molecular weight is 266 g/mol. The van der Waals surface area contributed by atoms with Gasteiger partial charge in [0.15, 0.2) is 0 Å². The highest BCUT2D eigenvalue weighted by Crippen LogP contribution is 2.13. The standard InChI is InChI=1S/C13H18N2O4/c1-15(2)10-5-3-4-9(8-10)12(17)14-11(6-7-16)13(18)19/h3-5,8,11,16H,6-7H2,1-2H3,(H,14,17)(H,18,19). The van der Waals surface area contributed by atoms with Crippen LogP contribution in [0.4, 0.5) is 5.69 Å². The molecule has 1 rings (SSSR count). The molecule has 0 saturated heterocycles. The second-order valence-electron chi connectivity index (χ2n) is 4.32. The summed E-state index contributed by atoms with van der Waals surface area (Å²) < 4.78 is 0. The van der Waals surface area contributed by atoms with Gasteiger partial charge in [0.25, 0.3) is 5.91 Å². The van der Waals surface area contributed by atoms with Crippen molar-refractivity contribution in [2.24, 2.45) is 0 Å². The summed E-state index contributed by atoms with van der Waals surface area (Å²) in [5.74, 6) is -1.63. The Morgan fingerprint density at radius 2 is 2.05 bits per heavy atom. The highest BCUT2D eigenvalue weighted by molar-refractivity contribution is 5.97. The van der Waals surface area contributed by atoms with Gasteiger partial charge >= 0.3 is 5.97 Å². The van der Waals surface area contributed by atoms with Gasteiger partial charge in [-0.3, -0.25) is 4.79 Å². The van der Waals surface area contributed by atoms with Crippen molar-refractivity contribution in [3.8, 4) is 0 Å². The molecule has 1 unspecified atom stereocenters. The number of carboxylic acids is 1. The maximum atomic E-state index is 11.9. The van der Waals surface area contributed by atoms with E-state index in [1.807, 2.05) is 25.1 Å². The zero-order valence-electron chi connectivity index (χ0n) is 11.0. The molecule has 1 amide bonds. The summed E-state index contributed by atoms with van der Waals surface area (Å²) in [5.41, 5.74) is 1.23. The second-order valence-corrected chi connectivity index (χ2v) is 4.32. The van der Waals surface area contributed by atoms with E-state index in [0.29, 0.717) is 5.56 Å². The molecule has 0 aromatic heterocycles. The van der Waals surface area contributed by atoms with E-state index >= 15 is 0 Å². The van der Waals surface area contributed by atoms with Gasteiger partial charge in [-0.1, -0.05) is 6.07 Å². The molecule has 1 aromatic carbocycles. The van der Waals surface area contributed by atoms with Gasteiger partial charge in [-0.25, -0.2) is 4.79 Å². The zero-order valence-corrected chi connectivity index (χ0v) is 11.0.